The van der Waals surface area contributed by atoms with Crippen LogP contribution in [0, 0.1) is 0 Å². The van der Waals surface area contributed by atoms with Crippen molar-refractivity contribution in [1.82, 2.24) is 0 Å². The van der Waals surface area contributed by atoms with Gasteiger partial charge in [0, 0.05) is 17.3 Å². The molecule has 2 aromatic rings. The van der Waals surface area contributed by atoms with E-state index in [1.54, 1.807) is 18.2 Å². The summed E-state index contributed by atoms with van der Waals surface area (Å²) in [5.41, 5.74) is 0.911. The van der Waals surface area contributed by atoms with Crippen LogP contribution in [0.3, 0.4) is 0 Å². The van der Waals surface area contributed by atoms with Gasteiger partial charge in [-0.2, -0.15) is 0 Å². The van der Waals surface area contributed by atoms with Crippen LogP contribution >= 0.6 is 0 Å². The minimum Gasteiger partial charge on any atom is -0.493 e. The Bertz CT molecular complexity index is 1020. The molecule has 0 aliphatic rings. The van der Waals surface area contributed by atoms with Crippen LogP contribution in [-0.2, 0) is 24.3 Å². The molecular weight excluding hydrogens is 396 g/mol. The van der Waals surface area contributed by atoms with Crippen molar-refractivity contribution in [2.24, 2.45) is 5.14 Å². The molecule has 9 heteroatoms. The molecule has 0 aliphatic heterocycles. The molecule has 0 heterocycles. The van der Waals surface area contributed by atoms with Gasteiger partial charge in [-0.1, -0.05) is 24.3 Å². The fraction of sp³-hybridized carbons (Fsp3) is 0.200. The zero-order valence-corrected chi connectivity index (χ0v) is 16.8. The standard InChI is InChI=1S/C20H22N2O6S/c1-3-27-18-10-5-4-7-15(18)11-12-19(23)28-14(2)20(24)22-16-8-6-9-17(13-16)29(21,25)26/h4-14H,3H2,1-2H3,(H,22,24)(H2,21,25,26)/b12-11+/t14-/m0/s1. The van der Waals surface area contributed by atoms with Gasteiger partial charge in [0.05, 0.1) is 11.5 Å². The molecule has 3 N–H and O–H groups in total. The fourth-order valence-electron chi connectivity index (χ4n) is 2.32. The van der Waals surface area contributed by atoms with Crippen LogP contribution in [0.4, 0.5) is 5.69 Å². The van der Waals surface area contributed by atoms with E-state index in [4.69, 9.17) is 14.6 Å². The average molecular weight is 418 g/mol. The highest BCUT2D eigenvalue weighted by Gasteiger charge is 2.17. The molecule has 0 aromatic heterocycles. The lowest BCUT2D eigenvalue weighted by molar-refractivity contribution is -0.148. The number of benzene rings is 2. The number of anilines is 1. The molecule has 8 nitrogen and oxygen atoms in total. The molecule has 1 atom stereocenters. The van der Waals surface area contributed by atoms with Gasteiger partial charge in [-0.25, -0.2) is 18.4 Å². The number of rotatable bonds is 8. The van der Waals surface area contributed by atoms with E-state index in [1.165, 1.54) is 43.3 Å². The van der Waals surface area contributed by atoms with Crippen molar-refractivity contribution in [2.75, 3.05) is 11.9 Å². The Hall–Kier alpha value is -3.17. The summed E-state index contributed by atoms with van der Waals surface area (Å²) in [6, 6.07) is 12.6. The fourth-order valence-corrected chi connectivity index (χ4v) is 2.88. The second-order valence-electron chi connectivity index (χ2n) is 5.95. The number of hydrogen-bond donors (Lipinski definition) is 2. The van der Waals surface area contributed by atoms with E-state index in [0.29, 0.717) is 17.9 Å². The Morgan fingerprint density at radius 2 is 1.90 bits per heavy atom. The van der Waals surface area contributed by atoms with Gasteiger partial charge in [0.15, 0.2) is 6.10 Å². The van der Waals surface area contributed by atoms with E-state index < -0.39 is 28.0 Å². The summed E-state index contributed by atoms with van der Waals surface area (Å²) in [6.07, 6.45) is 1.63. The van der Waals surface area contributed by atoms with Gasteiger partial charge < -0.3 is 14.8 Å². The Morgan fingerprint density at radius 1 is 1.17 bits per heavy atom. The van der Waals surface area contributed by atoms with Crippen LogP contribution in [0.25, 0.3) is 6.08 Å². The third kappa shape index (κ3) is 6.74. The van der Waals surface area contributed by atoms with Crippen LogP contribution in [0.2, 0.25) is 0 Å². The van der Waals surface area contributed by atoms with Gasteiger partial charge in [0.25, 0.3) is 5.91 Å². The van der Waals surface area contributed by atoms with E-state index in [0.717, 1.165) is 0 Å². The first-order valence-corrected chi connectivity index (χ1v) is 10.3. The Labute approximate surface area is 169 Å². The molecule has 0 aliphatic carbocycles. The van der Waals surface area contributed by atoms with Crippen molar-refractivity contribution >= 4 is 33.7 Å². The number of carbonyl (C=O) groups excluding carboxylic acids is 2. The first-order chi connectivity index (χ1) is 13.7. The molecule has 0 spiro atoms. The summed E-state index contributed by atoms with van der Waals surface area (Å²) in [4.78, 5) is 24.1. The van der Waals surface area contributed by atoms with Crippen LogP contribution in [0.5, 0.6) is 5.75 Å². The second-order valence-corrected chi connectivity index (χ2v) is 7.51. The van der Waals surface area contributed by atoms with E-state index in [-0.39, 0.29) is 10.6 Å². The maximum absolute atomic E-state index is 12.2. The topological polar surface area (TPSA) is 125 Å². The van der Waals surface area contributed by atoms with Crippen LogP contribution in [0.1, 0.15) is 19.4 Å². The SMILES string of the molecule is CCOc1ccccc1/C=C/C(=O)O[C@@H](C)C(=O)Nc1cccc(S(N)(=O)=O)c1. The molecule has 0 radical (unpaired) electrons. The van der Waals surface area contributed by atoms with Crippen LogP contribution in [0.15, 0.2) is 59.5 Å². The summed E-state index contributed by atoms with van der Waals surface area (Å²) in [7, 11) is -3.90. The summed E-state index contributed by atoms with van der Waals surface area (Å²) < 4.78 is 33.3. The van der Waals surface area contributed by atoms with Crippen molar-refractivity contribution in [3.8, 4) is 5.75 Å². The van der Waals surface area contributed by atoms with Crippen molar-refractivity contribution in [2.45, 2.75) is 24.8 Å². The third-order valence-electron chi connectivity index (χ3n) is 3.71. The number of ether oxygens (including phenoxy) is 2. The molecule has 2 aromatic carbocycles. The molecule has 2 rings (SSSR count). The lowest BCUT2D eigenvalue weighted by Gasteiger charge is -2.13. The van der Waals surface area contributed by atoms with Crippen LogP contribution in [-0.4, -0.2) is 33.0 Å². The number of carbonyl (C=O) groups is 2. The maximum atomic E-state index is 12.2. The first kappa shape index (κ1) is 22.1. The van der Waals surface area contributed by atoms with Crippen molar-refractivity contribution in [3.63, 3.8) is 0 Å². The van der Waals surface area contributed by atoms with E-state index in [9.17, 15) is 18.0 Å². The van der Waals surface area contributed by atoms with Crippen molar-refractivity contribution in [3.05, 3.63) is 60.2 Å². The van der Waals surface area contributed by atoms with Gasteiger partial charge in [0.2, 0.25) is 10.0 Å². The van der Waals surface area contributed by atoms with Gasteiger partial charge in [-0.05, 0) is 44.2 Å². The molecule has 0 unspecified atom stereocenters. The number of para-hydroxylation sites is 1. The largest absolute Gasteiger partial charge is 0.493 e. The minimum absolute atomic E-state index is 0.143. The van der Waals surface area contributed by atoms with Crippen molar-refractivity contribution < 1.29 is 27.5 Å². The predicted molar refractivity (Wildman–Crippen MR) is 109 cm³/mol. The quantitative estimate of drug-likeness (QED) is 0.501. The molecule has 29 heavy (non-hydrogen) atoms. The maximum Gasteiger partial charge on any atom is 0.331 e. The monoisotopic (exact) mass is 418 g/mol. The minimum atomic E-state index is -3.90. The molecule has 0 bridgehead atoms. The summed E-state index contributed by atoms with van der Waals surface area (Å²) in [6.45, 7) is 3.74. The number of sulfonamides is 1. The zero-order chi connectivity index (χ0) is 21.4. The van der Waals surface area contributed by atoms with Gasteiger partial charge in [0.1, 0.15) is 5.75 Å². The molecule has 0 saturated heterocycles. The highest BCUT2D eigenvalue weighted by atomic mass is 32.2. The molecule has 0 fully saturated rings. The van der Waals surface area contributed by atoms with E-state index in [1.807, 2.05) is 13.0 Å². The van der Waals surface area contributed by atoms with Crippen molar-refractivity contribution in [1.29, 1.82) is 0 Å². The number of primary sulfonamides is 1. The lowest BCUT2D eigenvalue weighted by Crippen LogP contribution is -2.29. The molecule has 0 saturated carbocycles. The summed E-state index contributed by atoms with van der Waals surface area (Å²) in [5, 5.41) is 7.55. The number of nitrogens with two attached hydrogens (primary N) is 1. The zero-order valence-electron chi connectivity index (χ0n) is 16.0. The normalized spacial score (nSPS) is 12.4. The number of nitrogens with one attached hydrogen (secondary N) is 1. The Kier molecular flexibility index (Phi) is 7.52. The highest BCUT2D eigenvalue weighted by Crippen LogP contribution is 2.19. The van der Waals surface area contributed by atoms with E-state index >= 15 is 0 Å². The Morgan fingerprint density at radius 3 is 2.59 bits per heavy atom. The smallest absolute Gasteiger partial charge is 0.331 e. The number of esters is 1. The summed E-state index contributed by atoms with van der Waals surface area (Å²) >= 11 is 0. The number of amides is 1. The molecule has 1 amide bonds. The second kappa shape index (κ2) is 9.85. The summed E-state index contributed by atoms with van der Waals surface area (Å²) in [5.74, 6) is -0.704. The molecule has 154 valence electrons. The van der Waals surface area contributed by atoms with Gasteiger partial charge in [-0.15, -0.1) is 0 Å². The van der Waals surface area contributed by atoms with Gasteiger partial charge >= 0.3 is 5.97 Å². The highest BCUT2D eigenvalue weighted by molar-refractivity contribution is 7.89. The number of hydrogen-bond acceptors (Lipinski definition) is 6. The average Bonchev–Trinajstić information content (AvgIpc) is 2.67. The van der Waals surface area contributed by atoms with Crippen LogP contribution < -0.4 is 15.2 Å². The lowest BCUT2D eigenvalue weighted by atomic mass is 10.2. The molecular formula is C20H22N2O6S. The first-order valence-electron chi connectivity index (χ1n) is 8.75. The third-order valence-corrected chi connectivity index (χ3v) is 4.62. The van der Waals surface area contributed by atoms with Gasteiger partial charge in [-0.3, -0.25) is 4.79 Å². The predicted octanol–water partition coefficient (Wildman–Crippen LogP) is 2.32. The Balaban J connectivity index is 1.98. The van der Waals surface area contributed by atoms with E-state index in [2.05, 4.69) is 5.32 Å².